The third-order valence-electron chi connectivity index (χ3n) is 2.63. The highest BCUT2D eigenvalue weighted by atomic mass is 32.2. The van der Waals surface area contributed by atoms with E-state index in [0.717, 1.165) is 17.6 Å². The largest absolute Gasteiger partial charge is 0.358 e. The topological polar surface area (TPSA) is 65.1 Å². The van der Waals surface area contributed by atoms with Crippen molar-refractivity contribution in [1.29, 1.82) is 0 Å². The molecule has 3 N–H and O–H groups in total. The van der Waals surface area contributed by atoms with E-state index < -0.39 is 11.3 Å². The molecule has 0 radical (unpaired) electrons. The van der Waals surface area contributed by atoms with Gasteiger partial charge in [-0.2, -0.15) is 0 Å². The van der Waals surface area contributed by atoms with Crippen LogP contribution in [0.25, 0.3) is 10.9 Å². The zero-order chi connectivity index (χ0) is 11.5. The molecule has 0 fully saturated rings. The molecule has 0 amide bonds. The number of aryl methyl sites for hydroxylation is 1. The monoisotopic (exact) mass is 238 g/mol. The smallest absolute Gasteiger partial charge is 0.231 e. The van der Waals surface area contributed by atoms with Crippen molar-refractivity contribution in [2.24, 2.45) is 0 Å². The Morgan fingerprint density at radius 2 is 2.19 bits per heavy atom. The standard InChI is InChI=1S/C11H14N2O2S/c1-8-9(6-7-12-16(14)15)10-4-2-3-5-11(10)13-8/h2-5,12-13H,6-7H2,1H3,(H,14,15). The normalized spacial score (nSPS) is 13.1. The van der Waals surface area contributed by atoms with E-state index in [1.165, 1.54) is 10.9 Å². The second kappa shape index (κ2) is 4.78. The quantitative estimate of drug-likeness (QED) is 0.710. The van der Waals surface area contributed by atoms with Gasteiger partial charge in [0.25, 0.3) is 0 Å². The molecule has 0 aliphatic rings. The number of H-pyrrole nitrogens is 1. The van der Waals surface area contributed by atoms with Gasteiger partial charge in [-0.1, -0.05) is 18.2 Å². The summed E-state index contributed by atoms with van der Waals surface area (Å²) in [4.78, 5) is 3.30. The van der Waals surface area contributed by atoms with Crippen molar-refractivity contribution in [3.8, 4) is 0 Å². The van der Waals surface area contributed by atoms with Gasteiger partial charge in [0.15, 0.2) is 0 Å². The van der Waals surface area contributed by atoms with E-state index in [0.29, 0.717) is 6.54 Å². The minimum atomic E-state index is -1.93. The number of para-hydroxylation sites is 1. The van der Waals surface area contributed by atoms with Crippen LogP contribution in [-0.2, 0) is 17.7 Å². The molecule has 16 heavy (non-hydrogen) atoms. The van der Waals surface area contributed by atoms with E-state index in [-0.39, 0.29) is 0 Å². The first kappa shape index (κ1) is 11.3. The summed E-state index contributed by atoms with van der Waals surface area (Å²) in [7, 11) is 0. The number of aromatic nitrogens is 1. The Balaban J connectivity index is 2.22. The molecule has 0 spiro atoms. The summed E-state index contributed by atoms with van der Waals surface area (Å²) in [6.45, 7) is 2.51. The van der Waals surface area contributed by atoms with E-state index >= 15 is 0 Å². The molecule has 0 saturated heterocycles. The average molecular weight is 238 g/mol. The summed E-state index contributed by atoms with van der Waals surface area (Å²) >= 11 is -1.93. The summed E-state index contributed by atoms with van der Waals surface area (Å²) in [5.41, 5.74) is 3.43. The molecular formula is C11H14N2O2S. The van der Waals surface area contributed by atoms with Gasteiger partial charge in [0.05, 0.1) is 0 Å². The first-order valence-electron chi connectivity index (χ1n) is 5.09. The number of aromatic amines is 1. The Morgan fingerprint density at radius 1 is 1.44 bits per heavy atom. The van der Waals surface area contributed by atoms with E-state index in [1.807, 2.05) is 25.1 Å². The van der Waals surface area contributed by atoms with Crippen molar-refractivity contribution >= 4 is 22.2 Å². The maximum Gasteiger partial charge on any atom is 0.231 e. The number of fused-ring (bicyclic) bond motifs is 1. The highest BCUT2D eigenvalue weighted by molar-refractivity contribution is 7.77. The SMILES string of the molecule is Cc1[nH]c2ccccc2c1CCNS(=O)O. The van der Waals surface area contributed by atoms with Crippen LogP contribution in [0.2, 0.25) is 0 Å². The van der Waals surface area contributed by atoms with Crippen molar-refractivity contribution < 1.29 is 8.76 Å². The molecule has 1 heterocycles. The van der Waals surface area contributed by atoms with Gasteiger partial charge in [0, 0.05) is 23.1 Å². The van der Waals surface area contributed by atoms with Crippen LogP contribution < -0.4 is 4.72 Å². The maximum atomic E-state index is 10.5. The van der Waals surface area contributed by atoms with Gasteiger partial charge in [0.2, 0.25) is 11.3 Å². The van der Waals surface area contributed by atoms with E-state index in [2.05, 4.69) is 15.8 Å². The molecule has 0 aliphatic heterocycles. The number of hydrogen-bond donors (Lipinski definition) is 3. The maximum absolute atomic E-state index is 10.5. The molecule has 2 aromatic rings. The van der Waals surface area contributed by atoms with Crippen LogP contribution >= 0.6 is 0 Å². The van der Waals surface area contributed by atoms with E-state index in [1.54, 1.807) is 0 Å². The molecule has 1 unspecified atom stereocenters. The van der Waals surface area contributed by atoms with Crippen molar-refractivity contribution in [2.75, 3.05) is 6.54 Å². The zero-order valence-electron chi connectivity index (χ0n) is 8.99. The highest BCUT2D eigenvalue weighted by Crippen LogP contribution is 2.21. The van der Waals surface area contributed by atoms with Crippen molar-refractivity contribution in [3.05, 3.63) is 35.5 Å². The molecule has 1 aromatic carbocycles. The lowest BCUT2D eigenvalue weighted by Gasteiger charge is -2.01. The Kier molecular flexibility index (Phi) is 3.38. The molecule has 0 bridgehead atoms. The second-order valence-corrected chi connectivity index (χ2v) is 4.45. The van der Waals surface area contributed by atoms with Crippen LogP contribution in [0, 0.1) is 6.92 Å². The van der Waals surface area contributed by atoms with Gasteiger partial charge in [-0.05, 0) is 25.0 Å². The van der Waals surface area contributed by atoms with Crippen LogP contribution in [0.1, 0.15) is 11.3 Å². The van der Waals surface area contributed by atoms with Crippen LogP contribution in [0.15, 0.2) is 24.3 Å². The minimum Gasteiger partial charge on any atom is -0.358 e. The lowest BCUT2D eigenvalue weighted by molar-refractivity contribution is 0.549. The van der Waals surface area contributed by atoms with Crippen LogP contribution in [-0.4, -0.2) is 20.3 Å². The summed E-state index contributed by atoms with van der Waals surface area (Å²) in [5, 5.41) is 1.19. The zero-order valence-corrected chi connectivity index (χ0v) is 9.80. The van der Waals surface area contributed by atoms with Gasteiger partial charge in [-0.15, -0.1) is 0 Å². The minimum absolute atomic E-state index is 0.492. The number of nitrogens with one attached hydrogen (secondary N) is 2. The third kappa shape index (κ3) is 2.32. The number of rotatable bonds is 4. The summed E-state index contributed by atoms with van der Waals surface area (Å²) in [6, 6.07) is 8.08. The van der Waals surface area contributed by atoms with Crippen LogP contribution in [0.4, 0.5) is 0 Å². The van der Waals surface area contributed by atoms with Gasteiger partial charge >= 0.3 is 0 Å². The molecule has 2 rings (SSSR count). The molecule has 0 saturated carbocycles. The molecule has 5 heteroatoms. The average Bonchev–Trinajstić information content (AvgIpc) is 2.55. The fourth-order valence-corrected chi connectivity index (χ4v) is 2.20. The summed E-state index contributed by atoms with van der Waals surface area (Å²) < 4.78 is 21.6. The Morgan fingerprint density at radius 3 is 2.94 bits per heavy atom. The number of hydrogen-bond acceptors (Lipinski definition) is 1. The molecule has 4 nitrogen and oxygen atoms in total. The fraction of sp³-hybridized carbons (Fsp3) is 0.273. The Hall–Kier alpha value is -1.17. The first-order valence-corrected chi connectivity index (χ1v) is 6.19. The summed E-state index contributed by atoms with van der Waals surface area (Å²) in [6.07, 6.45) is 0.738. The Bertz CT molecular complexity index is 522. The number of benzene rings is 1. The molecule has 1 atom stereocenters. The van der Waals surface area contributed by atoms with Gasteiger partial charge in [-0.25, -0.2) is 8.93 Å². The predicted octanol–water partition coefficient (Wildman–Crippen LogP) is 1.75. The lowest BCUT2D eigenvalue weighted by Crippen LogP contribution is -2.19. The molecule has 86 valence electrons. The Labute approximate surface area is 96.5 Å². The van der Waals surface area contributed by atoms with Crippen molar-refractivity contribution in [3.63, 3.8) is 0 Å². The van der Waals surface area contributed by atoms with Crippen LogP contribution in [0.5, 0.6) is 0 Å². The molecule has 0 aliphatic carbocycles. The lowest BCUT2D eigenvalue weighted by atomic mass is 10.1. The summed E-state index contributed by atoms with van der Waals surface area (Å²) in [5.74, 6) is 0. The predicted molar refractivity (Wildman–Crippen MR) is 65.5 cm³/mol. The highest BCUT2D eigenvalue weighted by Gasteiger charge is 2.07. The fourth-order valence-electron chi connectivity index (χ4n) is 1.92. The van der Waals surface area contributed by atoms with Gasteiger partial charge in [-0.3, -0.25) is 4.55 Å². The van der Waals surface area contributed by atoms with E-state index in [9.17, 15) is 4.21 Å². The second-order valence-electron chi connectivity index (χ2n) is 3.67. The van der Waals surface area contributed by atoms with Gasteiger partial charge in [0.1, 0.15) is 0 Å². The van der Waals surface area contributed by atoms with Gasteiger partial charge < -0.3 is 4.98 Å². The van der Waals surface area contributed by atoms with Crippen molar-refractivity contribution in [1.82, 2.24) is 9.71 Å². The molecule has 1 aromatic heterocycles. The van der Waals surface area contributed by atoms with Crippen LogP contribution in [0.3, 0.4) is 0 Å². The molecular weight excluding hydrogens is 224 g/mol. The van der Waals surface area contributed by atoms with Crippen molar-refractivity contribution in [2.45, 2.75) is 13.3 Å². The van der Waals surface area contributed by atoms with E-state index in [4.69, 9.17) is 4.55 Å². The third-order valence-corrected chi connectivity index (χ3v) is 3.08. The first-order chi connectivity index (χ1) is 7.68.